The Labute approximate surface area is 165 Å². The van der Waals surface area contributed by atoms with Gasteiger partial charge in [-0.1, -0.05) is 78.3 Å². The molecular weight excluding hydrogens is 348 g/mol. The predicted molar refractivity (Wildman–Crippen MR) is 109 cm³/mol. The summed E-state index contributed by atoms with van der Waals surface area (Å²) in [6.45, 7) is -0.148. The van der Waals surface area contributed by atoms with Gasteiger partial charge in [-0.05, 0) is 30.7 Å². The normalized spacial score (nSPS) is 20.2. The van der Waals surface area contributed by atoms with E-state index in [1.54, 1.807) is 12.2 Å². The van der Waals surface area contributed by atoms with Crippen LogP contribution in [0.3, 0.4) is 0 Å². The number of aliphatic carboxylic acids is 1. The second kappa shape index (κ2) is 8.91. The minimum absolute atomic E-state index is 0.148. The van der Waals surface area contributed by atoms with Crippen LogP contribution in [-0.2, 0) is 4.79 Å². The molecule has 0 saturated carbocycles. The summed E-state index contributed by atoms with van der Waals surface area (Å²) in [5.74, 6) is 10.5. The largest absolute Gasteiger partial charge is 0.480 e. The minimum atomic E-state index is -1.44. The Balaban J connectivity index is 2.02. The van der Waals surface area contributed by atoms with Crippen molar-refractivity contribution in [2.45, 2.75) is 6.42 Å². The second-order valence-electron chi connectivity index (χ2n) is 6.45. The van der Waals surface area contributed by atoms with Gasteiger partial charge in [0.2, 0.25) is 0 Å². The summed E-state index contributed by atoms with van der Waals surface area (Å²) in [6, 6.07) is 18.8. The molecule has 0 aromatic heterocycles. The number of aliphatic hydroxyl groups excluding tert-OH is 1. The van der Waals surface area contributed by atoms with E-state index in [1.807, 2.05) is 66.7 Å². The van der Waals surface area contributed by atoms with Crippen LogP contribution in [0.2, 0.25) is 0 Å². The highest BCUT2D eigenvalue weighted by molar-refractivity contribution is 5.84. The Morgan fingerprint density at radius 3 is 2.11 bits per heavy atom. The fraction of sp³-hybridized carbons (Fsp3) is 0.160. The van der Waals surface area contributed by atoms with Gasteiger partial charge in [-0.15, -0.1) is 0 Å². The fourth-order valence-electron chi connectivity index (χ4n) is 3.19. The summed E-state index contributed by atoms with van der Waals surface area (Å²) in [4.78, 5) is 12.3. The number of rotatable bonds is 3. The van der Waals surface area contributed by atoms with Crippen LogP contribution in [0.4, 0.5) is 0 Å². The first-order chi connectivity index (χ1) is 13.7. The molecule has 0 radical (unpaired) electrons. The number of carbonyl (C=O) groups is 1. The molecule has 28 heavy (non-hydrogen) atoms. The number of aliphatic hydroxyl groups is 1. The van der Waals surface area contributed by atoms with Gasteiger partial charge in [-0.3, -0.25) is 4.79 Å². The van der Waals surface area contributed by atoms with Crippen LogP contribution in [0.15, 0.2) is 84.5 Å². The molecule has 2 aromatic carbocycles. The summed E-state index contributed by atoms with van der Waals surface area (Å²) in [5, 5.41) is 19.6. The van der Waals surface area contributed by atoms with Gasteiger partial charge in [0.05, 0.1) is 0 Å². The Hall–Kier alpha value is -3.53. The van der Waals surface area contributed by atoms with Crippen molar-refractivity contribution < 1.29 is 15.0 Å². The molecule has 138 valence electrons. The number of carboxylic acid groups (broad SMARTS) is 1. The van der Waals surface area contributed by atoms with E-state index in [4.69, 9.17) is 0 Å². The Bertz CT molecular complexity index is 1010. The van der Waals surface area contributed by atoms with Gasteiger partial charge >= 0.3 is 5.97 Å². The predicted octanol–water partition coefficient (Wildman–Crippen LogP) is 3.66. The van der Waals surface area contributed by atoms with E-state index >= 15 is 0 Å². The quantitative estimate of drug-likeness (QED) is 0.813. The molecule has 0 spiro atoms. The number of allylic oxidation sites excluding steroid dienone is 3. The molecule has 2 N–H and O–H groups in total. The first-order valence-electron chi connectivity index (χ1n) is 9.04. The Morgan fingerprint density at radius 2 is 1.54 bits per heavy atom. The topological polar surface area (TPSA) is 57.5 Å². The maximum atomic E-state index is 12.3. The molecule has 0 saturated heterocycles. The minimum Gasteiger partial charge on any atom is -0.480 e. The second-order valence-corrected chi connectivity index (χ2v) is 6.45. The molecule has 2 atom stereocenters. The van der Waals surface area contributed by atoms with Crippen LogP contribution in [0, 0.1) is 35.0 Å². The molecule has 3 nitrogen and oxygen atoms in total. The Kier molecular flexibility index (Phi) is 6.12. The van der Waals surface area contributed by atoms with Crippen molar-refractivity contribution in [1.82, 2.24) is 0 Å². The summed E-state index contributed by atoms with van der Waals surface area (Å²) >= 11 is 0. The number of hydrogen-bond donors (Lipinski definition) is 2. The van der Waals surface area contributed by atoms with Gasteiger partial charge in [0.25, 0.3) is 0 Å². The van der Waals surface area contributed by atoms with E-state index in [9.17, 15) is 15.0 Å². The average molecular weight is 368 g/mol. The number of carboxylic acids is 1. The van der Waals surface area contributed by atoms with E-state index in [1.165, 1.54) is 0 Å². The fourth-order valence-corrected chi connectivity index (χ4v) is 3.19. The van der Waals surface area contributed by atoms with Gasteiger partial charge in [-0.2, -0.15) is 0 Å². The van der Waals surface area contributed by atoms with Crippen molar-refractivity contribution in [3.63, 3.8) is 0 Å². The lowest BCUT2D eigenvalue weighted by molar-refractivity contribution is -0.145. The zero-order valence-electron chi connectivity index (χ0n) is 15.3. The zero-order valence-corrected chi connectivity index (χ0v) is 15.3. The summed E-state index contributed by atoms with van der Waals surface area (Å²) in [6.07, 6.45) is 5.35. The lowest BCUT2D eigenvalue weighted by atomic mass is 9.68. The van der Waals surface area contributed by atoms with Crippen molar-refractivity contribution >= 4 is 5.97 Å². The number of benzene rings is 2. The third kappa shape index (κ3) is 4.23. The molecule has 0 heterocycles. The monoisotopic (exact) mass is 368 g/mol. The van der Waals surface area contributed by atoms with Crippen LogP contribution in [0.25, 0.3) is 0 Å². The van der Waals surface area contributed by atoms with E-state index < -0.39 is 17.3 Å². The van der Waals surface area contributed by atoms with Gasteiger partial charge in [0, 0.05) is 29.2 Å². The SMILES string of the molecule is O=C(O)C1(C#Cc2ccccc2)C=CC=C(C#Cc2ccccc2)C1CCO. The van der Waals surface area contributed by atoms with E-state index in [2.05, 4.69) is 23.7 Å². The van der Waals surface area contributed by atoms with Crippen molar-refractivity contribution in [1.29, 1.82) is 0 Å². The van der Waals surface area contributed by atoms with Crippen molar-refractivity contribution in [2.24, 2.45) is 11.3 Å². The Morgan fingerprint density at radius 1 is 0.929 bits per heavy atom. The van der Waals surface area contributed by atoms with Crippen LogP contribution < -0.4 is 0 Å². The average Bonchev–Trinajstić information content (AvgIpc) is 2.73. The third-order valence-electron chi connectivity index (χ3n) is 4.64. The molecule has 0 bridgehead atoms. The van der Waals surface area contributed by atoms with E-state index in [0.29, 0.717) is 5.57 Å². The lowest BCUT2D eigenvalue weighted by Gasteiger charge is -2.32. The molecule has 1 aliphatic rings. The van der Waals surface area contributed by atoms with Gasteiger partial charge in [-0.25, -0.2) is 0 Å². The highest BCUT2D eigenvalue weighted by atomic mass is 16.4. The van der Waals surface area contributed by atoms with Gasteiger partial charge in [0.1, 0.15) is 0 Å². The molecule has 3 heteroatoms. The molecule has 1 aliphatic carbocycles. The maximum absolute atomic E-state index is 12.3. The summed E-state index contributed by atoms with van der Waals surface area (Å²) in [5.41, 5.74) is 0.807. The van der Waals surface area contributed by atoms with Crippen molar-refractivity contribution in [3.8, 4) is 23.7 Å². The van der Waals surface area contributed by atoms with Crippen LogP contribution in [0.5, 0.6) is 0 Å². The standard InChI is InChI=1S/C25H20O3/c26-19-16-23-22(14-13-20-8-3-1-4-9-20)12-7-17-25(23,24(27)28)18-15-21-10-5-2-6-11-21/h1-12,17,23,26H,16,19H2,(H,27,28). The first-order valence-corrected chi connectivity index (χ1v) is 9.04. The lowest BCUT2D eigenvalue weighted by Crippen LogP contribution is -2.38. The summed E-state index contributed by atoms with van der Waals surface area (Å²) < 4.78 is 0. The molecule has 0 fully saturated rings. The van der Waals surface area contributed by atoms with Crippen LogP contribution in [0.1, 0.15) is 17.5 Å². The highest BCUT2D eigenvalue weighted by Gasteiger charge is 2.45. The van der Waals surface area contributed by atoms with Crippen molar-refractivity contribution in [2.75, 3.05) is 6.61 Å². The van der Waals surface area contributed by atoms with Gasteiger partial charge < -0.3 is 10.2 Å². The first kappa shape index (κ1) is 19.2. The smallest absolute Gasteiger partial charge is 0.326 e. The number of hydrogen-bond acceptors (Lipinski definition) is 2. The van der Waals surface area contributed by atoms with E-state index in [0.717, 1.165) is 11.1 Å². The molecule has 3 rings (SSSR count). The molecule has 0 aliphatic heterocycles. The van der Waals surface area contributed by atoms with Crippen LogP contribution in [-0.4, -0.2) is 22.8 Å². The molecular formula is C25H20O3. The molecule has 2 aromatic rings. The van der Waals surface area contributed by atoms with Crippen molar-refractivity contribution in [3.05, 3.63) is 95.6 Å². The molecule has 2 unspecified atom stereocenters. The summed E-state index contributed by atoms with van der Waals surface area (Å²) in [7, 11) is 0. The van der Waals surface area contributed by atoms with E-state index in [-0.39, 0.29) is 13.0 Å². The molecule has 0 amide bonds. The van der Waals surface area contributed by atoms with Crippen LogP contribution >= 0.6 is 0 Å². The maximum Gasteiger partial charge on any atom is 0.326 e. The highest BCUT2D eigenvalue weighted by Crippen LogP contribution is 2.40. The zero-order chi connectivity index (χ0) is 19.8. The van der Waals surface area contributed by atoms with Gasteiger partial charge in [0.15, 0.2) is 5.41 Å². The third-order valence-corrected chi connectivity index (χ3v) is 4.64.